The van der Waals surface area contributed by atoms with Crippen molar-refractivity contribution in [2.75, 3.05) is 4.72 Å². The molecule has 0 unspecified atom stereocenters. The molecule has 0 aliphatic carbocycles. The van der Waals surface area contributed by atoms with Gasteiger partial charge in [0.25, 0.3) is 10.0 Å². The zero-order valence-electron chi connectivity index (χ0n) is 8.01. The lowest BCUT2D eigenvalue weighted by Gasteiger charge is -2.04. The van der Waals surface area contributed by atoms with Crippen LogP contribution in [-0.4, -0.2) is 18.4 Å². The van der Waals surface area contributed by atoms with E-state index < -0.39 is 10.0 Å². The first-order valence-electron chi connectivity index (χ1n) is 4.36. The van der Waals surface area contributed by atoms with Crippen molar-refractivity contribution >= 4 is 27.6 Å². The Hall–Kier alpha value is -1.53. The van der Waals surface area contributed by atoms with Crippen molar-refractivity contribution in [3.05, 3.63) is 41.7 Å². The SMILES string of the molecule is O=S(=O)(Nc1ncc[nH]1)c1ccc(Cl)cc1. The van der Waals surface area contributed by atoms with E-state index >= 15 is 0 Å². The Morgan fingerprint density at radius 3 is 2.50 bits per heavy atom. The number of halogens is 1. The number of nitrogens with one attached hydrogen (secondary N) is 2. The molecule has 0 fully saturated rings. The van der Waals surface area contributed by atoms with E-state index in [-0.39, 0.29) is 10.8 Å². The number of aromatic nitrogens is 2. The fraction of sp³-hybridized carbons (Fsp3) is 0. The number of aromatic amines is 1. The molecule has 0 radical (unpaired) electrons. The van der Waals surface area contributed by atoms with Crippen molar-refractivity contribution < 1.29 is 8.42 Å². The van der Waals surface area contributed by atoms with Gasteiger partial charge in [-0.3, -0.25) is 0 Å². The van der Waals surface area contributed by atoms with Crippen LogP contribution < -0.4 is 4.72 Å². The van der Waals surface area contributed by atoms with E-state index in [0.29, 0.717) is 5.02 Å². The van der Waals surface area contributed by atoms with Gasteiger partial charge in [-0.25, -0.2) is 18.1 Å². The molecule has 1 aromatic carbocycles. The number of anilines is 1. The molecule has 5 nitrogen and oxygen atoms in total. The quantitative estimate of drug-likeness (QED) is 0.881. The van der Waals surface area contributed by atoms with Crippen LogP contribution in [0.2, 0.25) is 5.02 Å². The number of imidazole rings is 1. The summed E-state index contributed by atoms with van der Waals surface area (Å²) >= 11 is 5.67. The van der Waals surface area contributed by atoms with Crippen molar-refractivity contribution in [3.8, 4) is 0 Å². The molecular formula is C9H8ClN3O2S. The molecule has 0 atom stereocenters. The first-order valence-corrected chi connectivity index (χ1v) is 6.22. The number of H-pyrrole nitrogens is 1. The standard InChI is InChI=1S/C9H8ClN3O2S/c10-7-1-3-8(4-2-7)16(14,15)13-9-11-5-6-12-9/h1-6H,(H2,11,12,13). The highest BCUT2D eigenvalue weighted by Gasteiger charge is 2.14. The lowest BCUT2D eigenvalue weighted by molar-refractivity contribution is 0.601. The molecule has 1 heterocycles. The Bertz CT molecular complexity index is 563. The molecule has 0 amide bonds. The van der Waals surface area contributed by atoms with E-state index in [1.165, 1.54) is 36.7 Å². The second-order valence-electron chi connectivity index (χ2n) is 3.00. The first kappa shape index (κ1) is 11.0. The van der Waals surface area contributed by atoms with Gasteiger partial charge in [-0.15, -0.1) is 0 Å². The smallest absolute Gasteiger partial charge is 0.264 e. The minimum Gasteiger partial charge on any atom is -0.330 e. The third kappa shape index (κ3) is 2.34. The zero-order valence-corrected chi connectivity index (χ0v) is 9.59. The van der Waals surface area contributed by atoms with Crippen LogP contribution in [-0.2, 0) is 10.0 Å². The number of benzene rings is 1. The monoisotopic (exact) mass is 257 g/mol. The van der Waals surface area contributed by atoms with Gasteiger partial charge >= 0.3 is 0 Å². The summed E-state index contributed by atoms with van der Waals surface area (Å²) in [5.41, 5.74) is 0. The summed E-state index contributed by atoms with van der Waals surface area (Å²) in [7, 11) is -3.60. The number of nitrogens with zero attached hydrogens (tertiary/aromatic N) is 1. The van der Waals surface area contributed by atoms with Gasteiger partial charge in [-0.2, -0.15) is 0 Å². The second-order valence-corrected chi connectivity index (χ2v) is 5.12. The van der Waals surface area contributed by atoms with E-state index in [2.05, 4.69) is 14.7 Å². The molecule has 16 heavy (non-hydrogen) atoms. The average molecular weight is 258 g/mol. The van der Waals surface area contributed by atoms with Gasteiger partial charge in [0.15, 0.2) is 0 Å². The van der Waals surface area contributed by atoms with Crippen LogP contribution in [0.3, 0.4) is 0 Å². The van der Waals surface area contributed by atoms with Gasteiger partial charge in [0, 0.05) is 17.4 Å². The highest BCUT2D eigenvalue weighted by molar-refractivity contribution is 7.92. The molecule has 0 saturated carbocycles. The Labute approximate surface area is 97.5 Å². The maximum Gasteiger partial charge on any atom is 0.264 e. The van der Waals surface area contributed by atoms with Crippen LogP contribution in [0.25, 0.3) is 0 Å². The fourth-order valence-corrected chi connectivity index (χ4v) is 2.23. The van der Waals surface area contributed by atoms with Gasteiger partial charge in [0.2, 0.25) is 5.95 Å². The summed E-state index contributed by atoms with van der Waals surface area (Å²) in [6.45, 7) is 0. The maximum absolute atomic E-state index is 11.8. The molecule has 0 aliphatic heterocycles. The normalized spacial score (nSPS) is 11.3. The molecule has 2 N–H and O–H groups in total. The molecule has 2 aromatic rings. The molecule has 2 rings (SSSR count). The summed E-state index contributed by atoms with van der Waals surface area (Å²) in [5, 5.41) is 0.483. The number of hydrogen-bond donors (Lipinski definition) is 2. The van der Waals surface area contributed by atoms with E-state index in [1.54, 1.807) is 0 Å². The van der Waals surface area contributed by atoms with E-state index in [0.717, 1.165) is 0 Å². The average Bonchev–Trinajstić information content (AvgIpc) is 2.70. The molecule has 7 heteroatoms. The summed E-state index contributed by atoms with van der Waals surface area (Å²) in [6, 6.07) is 5.87. The molecule has 0 aliphatic rings. The van der Waals surface area contributed by atoms with Crippen LogP contribution in [0, 0.1) is 0 Å². The number of hydrogen-bond acceptors (Lipinski definition) is 3. The van der Waals surface area contributed by atoms with Crippen LogP contribution in [0.5, 0.6) is 0 Å². The summed E-state index contributed by atoms with van der Waals surface area (Å²) in [5.74, 6) is 0.176. The van der Waals surface area contributed by atoms with Crippen LogP contribution >= 0.6 is 11.6 Å². The van der Waals surface area contributed by atoms with Crippen LogP contribution in [0.1, 0.15) is 0 Å². The predicted molar refractivity (Wildman–Crippen MR) is 60.8 cm³/mol. The van der Waals surface area contributed by atoms with Crippen molar-refractivity contribution in [1.82, 2.24) is 9.97 Å². The van der Waals surface area contributed by atoms with Crippen LogP contribution in [0.4, 0.5) is 5.95 Å². The van der Waals surface area contributed by atoms with Crippen molar-refractivity contribution in [3.63, 3.8) is 0 Å². The van der Waals surface area contributed by atoms with E-state index in [1.807, 2.05) is 0 Å². The predicted octanol–water partition coefficient (Wildman–Crippen LogP) is 1.86. The molecule has 1 aromatic heterocycles. The summed E-state index contributed by atoms with van der Waals surface area (Å²) in [4.78, 5) is 6.55. The van der Waals surface area contributed by atoms with Crippen molar-refractivity contribution in [1.29, 1.82) is 0 Å². The van der Waals surface area contributed by atoms with Gasteiger partial charge in [0.1, 0.15) is 0 Å². The van der Waals surface area contributed by atoms with Crippen LogP contribution in [0.15, 0.2) is 41.6 Å². The lowest BCUT2D eigenvalue weighted by atomic mass is 10.4. The maximum atomic E-state index is 11.8. The first-order chi connectivity index (χ1) is 7.58. The summed E-state index contributed by atoms with van der Waals surface area (Å²) < 4.78 is 25.9. The third-order valence-electron chi connectivity index (χ3n) is 1.85. The Morgan fingerprint density at radius 1 is 1.25 bits per heavy atom. The molecular weight excluding hydrogens is 250 g/mol. The van der Waals surface area contributed by atoms with Gasteiger partial charge in [0.05, 0.1) is 4.90 Å². The highest BCUT2D eigenvalue weighted by atomic mass is 35.5. The van der Waals surface area contributed by atoms with Gasteiger partial charge in [-0.1, -0.05) is 11.6 Å². The van der Waals surface area contributed by atoms with Crippen molar-refractivity contribution in [2.24, 2.45) is 0 Å². The molecule has 84 valence electrons. The van der Waals surface area contributed by atoms with Crippen molar-refractivity contribution in [2.45, 2.75) is 4.90 Å². The van der Waals surface area contributed by atoms with E-state index in [4.69, 9.17) is 11.6 Å². The number of sulfonamides is 1. The fourth-order valence-electron chi connectivity index (χ4n) is 1.12. The molecule has 0 saturated heterocycles. The number of rotatable bonds is 3. The molecule has 0 bridgehead atoms. The Kier molecular flexibility index (Phi) is 2.84. The third-order valence-corrected chi connectivity index (χ3v) is 3.46. The van der Waals surface area contributed by atoms with Gasteiger partial charge < -0.3 is 4.98 Å². The Balaban J connectivity index is 2.29. The zero-order chi connectivity index (χ0) is 11.6. The Morgan fingerprint density at radius 2 is 1.94 bits per heavy atom. The largest absolute Gasteiger partial charge is 0.330 e. The summed E-state index contributed by atoms with van der Waals surface area (Å²) in [6.07, 6.45) is 2.99. The second kappa shape index (κ2) is 4.15. The minimum absolute atomic E-state index is 0.133. The van der Waals surface area contributed by atoms with E-state index in [9.17, 15) is 8.42 Å². The minimum atomic E-state index is -3.60. The highest BCUT2D eigenvalue weighted by Crippen LogP contribution is 2.16. The van der Waals surface area contributed by atoms with Gasteiger partial charge in [-0.05, 0) is 24.3 Å². The topological polar surface area (TPSA) is 74.8 Å². The lowest BCUT2D eigenvalue weighted by Crippen LogP contribution is -2.13. The molecule has 0 spiro atoms.